The van der Waals surface area contributed by atoms with E-state index in [-0.39, 0.29) is 11.9 Å². The number of esters is 1. The molecule has 1 saturated heterocycles. The Kier molecular flexibility index (Phi) is 3.60. The average Bonchev–Trinajstić information content (AvgIpc) is 2.76. The second-order valence-electron chi connectivity index (χ2n) is 5.20. The van der Waals surface area contributed by atoms with E-state index in [1.807, 2.05) is 0 Å². The maximum Gasteiger partial charge on any atom is 0.310 e. The van der Waals surface area contributed by atoms with E-state index in [0.29, 0.717) is 0 Å². The standard InChI is InChI=1S/C15H21NO2/c1-10-7-11(2)14(12(3)8-10)16-6-5-13(9-16)15(17)18-4/h7-8,13H,5-6,9H2,1-4H3. The number of carbonyl (C=O) groups is 1. The van der Waals surface area contributed by atoms with Crippen molar-refractivity contribution in [1.29, 1.82) is 0 Å². The molecule has 3 nitrogen and oxygen atoms in total. The summed E-state index contributed by atoms with van der Waals surface area (Å²) in [5, 5.41) is 0. The lowest BCUT2D eigenvalue weighted by Gasteiger charge is -2.23. The fourth-order valence-electron chi connectivity index (χ4n) is 2.99. The van der Waals surface area contributed by atoms with Gasteiger partial charge in [0, 0.05) is 18.8 Å². The largest absolute Gasteiger partial charge is 0.469 e. The van der Waals surface area contributed by atoms with Gasteiger partial charge in [-0.1, -0.05) is 17.7 Å². The Labute approximate surface area is 109 Å². The Balaban J connectivity index is 2.22. The summed E-state index contributed by atoms with van der Waals surface area (Å²) in [6.45, 7) is 8.11. The van der Waals surface area contributed by atoms with E-state index in [1.54, 1.807) is 0 Å². The van der Waals surface area contributed by atoms with Gasteiger partial charge >= 0.3 is 5.97 Å². The number of nitrogens with zero attached hydrogens (tertiary/aromatic N) is 1. The highest BCUT2D eigenvalue weighted by Crippen LogP contribution is 2.31. The number of hydrogen-bond acceptors (Lipinski definition) is 3. The summed E-state index contributed by atoms with van der Waals surface area (Å²) in [5.41, 5.74) is 5.15. The molecular formula is C15H21NO2. The third-order valence-electron chi connectivity index (χ3n) is 3.67. The second kappa shape index (κ2) is 5.01. The van der Waals surface area contributed by atoms with Crippen LogP contribution in [0.1, 0.15) is 23.1 Å². The zero-order valence-corrected chi connectivity index (χ0v) is 11.6. The Bertz CT molecular complexity index is 445. The lowest BCUT2D eigenvalue weighted by atomic mass is 10.0. The van der Waals surface area contributed by atoms with Gasteiger partial charge in [0.25, 0.3) is 0 Å². The number of anilines is 1. The molecule has 3 heteroatoms. The number of methoxy groups -OCH3 is 1. The summed E-state index contributed by atoms with van der Waals surface area (Å²) in [6, 6.07) is 4.40. The van der Waals surface area contributed by atoms with E-state index in [4.69, 9.17) is 4.74 Å². The van der Waals surface area contributed by atoms with Gasteiger partial charge in [0.1, 0.15) is 0 Å². The van der Waals surface area contributed by atoms with Crippen LogP contribution in [0.2, 0.25) is 0 Å². The first-order valence-corrected chi connectivity index (χ1v) is 6.43. The third kappa shape index (κ3) is 2.35. The lowest BCUT2D eigenvalue weighted by molar-refractivity contribution is -0.144. The molecule has 0 aliphatic carbocycles. The Morgan fingerprint density at radius 3 is 2.44 bits per heavy atom. The maximum absolute atomic E-state index is 11.6. The smallest absolute Gasteiger partial charge is 0.310 e. The highest BCUT2D eigenvalue weighted by molar-refractivity contribution is 5.74. The lowest BCUT2D eigenvalue weighted by Crippen LogP contribution is -2.24. The molecule has 1 aromatic carbocycles. The topological polar surface area (TPSA) is 29.5 Å². The summed E-state index contributed by atoms with van der Waals surface area (Å²) in [6.07, 6.45) is 0.888. The van der Waals surface area contributed by atoms with Crippen LogP contribution in [0.25, 0.3) is 0 Å². The summed E-state index contributed by atoms with van der Waals surface area (Å²) in [7, 11) is 1.47. The molecule has 0 radical (unpaired) electrons. The monoisotopic (exact) mass is 247 g/mol. The molecule has 1 unspecified atom stereocenters. The quantitative estimate of drug-likeness (QED) is 0.752. The second-order valence-corrected chi connectivity index (χ2v) is 5.20. The summed E-state index contributed by atoms with van der Waals surface area (Å²) >= 11 is 0. The summed E-state index contributed by atoms with van der Waals surface area (Å²) in [5.74, 6) is -0.0602. The van der Waals surface area contributed by atoms with Gasteiger partial charge in [-0.2, -0.15) is 0 Å². The molecule has 18 heavy (non-hydrogen) atoms. The minimum Gasteiger partial charge on any atom is -0.469 e. The van der Waals surface area contributed by atoms with Crippen molar-refractivity contribution in [3.63, 3.8) is 0 Å². The number of benzene rings is 1. The summed E-state index contributed by atoms with van der Waals surface area (Å²) in [4.78, 5) is 13.9. The Morgan fingerprint density at radius 1 is 1.28 bits per heavy atom. The van der Waals surface area contributed by atoms with Gasteiger partial charge in [-0.05, 0) is 38.3 Å². The molecule has 0 N–H and O–H groups in total. The van der Waals surface area contributed by atoms with Crippen LogP contribution >= 0.6 is 0 Å². The highest BCUT2D eigenvalue weighted by Gasteiger charge is 2.30. The third-order valence-corrected chi connectivity index (χ3v) is 3.67. The van der Waals surface area contributed by atoms with E-state index in [2.05, 4.69) is 37.8 Å². The zero-order chi connectivity index (χ0) is 13.3. The van der Waals surface area contributed by atoms with Crippen molar-refractivity contribution in [2.24, 2.45) is 5.92 Å². The molecule has 0 spiro atoms. The fraction of sp³-hybridized carbons (Fsp3) is 0.533. The van der Waals surface area contributed by atoms with Gasteiger partial charge in [-0.15, -0.1) is 0 Å². The summed E-state index contributed by atoms with van der Waals surface area (Å²) < 4.78 is 4.83. The molecule has 0 saturated carbocycles. The SMILES string of the molecule is COC(=O)C1CCN(c2c(C)cc(C)cc2C)C1. The van der Waals surface area contributed by atoms with Crippen molar-refractivity contribution in [1.82, 2.24) is 0 Å². The average molecular weight is 247 g/mol. The van der Waals surface area contributed by atoms with E-state index in [1.165, 1.54) is 29.5 Å². The number of aryl methyl sites for hydroxylation is 3. The highest BCUT2D eigenvalue weighted by atomic mass is 16.5. The molecule has 1 fully saturated rings. The molecule has 0 bridgehead atoms. The number of hydrogen-bond donors (Lipinski definition) is 0. The molecule has 98 valence electrons. The van der Waals surface area contributed by atoms with E-state index < -0.39 is 0 Å². The first-order chi connectivity index (χ1) is 8.52. The van der Waals surface area contributed by atoms with Crippen LogP contribution < -0.4 is 4.90 Å². The van der Waals surface area contributed by atoms with E-state index in [0.717, 1.165) is 19.5 Å². The van der Waals surface area contributed by atoms with E-state index in [9.17, 15) is 4.79 Å². The molecule has 0 aromatic heterocycles. The van der Waals surface area contributed by atoms with Crippen molar-refractivity contribution in [2.75, 3.05) is 25.1 Å². The van der Waals surface area contributed by atoms with Crippen molar-refractivity contribution in [3.8, 4) is 0 Å². The molecule has 2 rings (SSSR count). The van der Waals surface area contributed by atoms with Gasteiger partial charge in [0.2, 0.25) is 0 Å². The minimum atomic E-state index is -0.0834. The van der Waals surface area contributed by atoms with Crippen LogP contribution in [0.4, 0.5) is 5.69 Å². The van der Waals surface area contributed by atoms with Crippen LogP contribution in [0.15, 0.2) is 12.1 Å². The molecule has 0 amide bonds. The number of carbonyl (C=O) groups excluding carboxylic acids is 1. The normalized spacial score (nSPS) is 19.1. The number of ether oxygens (including phenoxy) is 1. The molecule has 1 aromatic rings. The Morgan fingerprint density at radius 2 is 1.89 bits per heavy atom. The van der Waals surface area contributed by atoms with Crippen LogP contribution in [0.3, 0.4) is 0 Å². The van der Waals surface area contributed by atoms with Gasteiger partial charge in [-0.3, -0.25) is 4.79 Å². The zero-order valence-electron chi connectivity index (χ0n) is 11.6. The van der Waals surface area contributed by atoms with Crippen molar-refractivity contribution in [3.05, 3.63) is 28.8 Å². The van der Waals surface area contributed by atoms with Crippen molar-refractivity contribution in [2.45, 2.75) is 27.2 Å². The van der Waals surface area contributed by atoms with Crippen LogP contribution in [-0.2, 0) is 9.53 Å². The van der Waals surface area contributed by atoms with Crippen LogP contribution in [-0.4, -0.2) is 26.2 Å². The Hall–Kier alpha value is -1.51. The molecule has 1 aliphatic rings. The molecule has 1 aliphatic heterocycles. The predicted octanol–water partition coefficient (Wildman–Crippen LogP) is 2.61. The van der Waals surface area contributed by atoms with Gasteiger partial charge in [-0.25, -0.2) is 0 Å². The fourth-order valence-corrected chi connectivity index (χ4v) is 2.99. The van der Waals surface area contributed by atoms with Gasteiger partial charge < -0.3 is 9.64 Å². The minimum absolute atomic E-state index is 0.0232. The van der Waals surface area contributed by atoms with Crippen LogP contribution in [0.5, 0.6) is 0 Å². The molecular weight excluding hydrogens is 226 g/mol. The van der Waals surface area contributed by atoms with Crippen molar-refractivity contribution < 1.29 is 9.53 Å². The predicted molar refractivity (Wildman–Crippen MR) is 73.0 cm³/mol. The number of rotatable bonds is 2. The maximum atomic E-state index is 11.6. The van der Waals surface area contributed by atoms with E-state index >= 15 is 0 Å². The molecule has 1 atom stereocenters. The first kappa shape index (κ1) is 12.9. The van der Waals surface area contributed by atoms with Gasteiger partial charge in [0.05, 0.1) is 13.0 Å². The van der Waals surface area contributed by atoms with Crippen molar-refractivity contribution >= 4 is 11.7 Å². The first-order valence-electron chi connectivity index (χ1n) is 6.43. The van der Waals surface area contributed by atoms with Crippen LogP contribution in [0, 0.1) is 26.7 Å². The molecule has 1 heterocycles. The van der Waals surface area contributed by atoms with Gasteiger partial charge in [0.15, 0.2) is 0 Å².